The van der Waals surface area contributed by atoms with Gasteiger partial charge in [-0.3, -0.25) is 4.79 Å². The molecule has 0 aliphatic carbocycles. The van der Waals surface area contributed by atoms with Crippen LogP contribution in [-0.2, 0) is 4.79 Å². The van der Waals surface area contributed by atoms with Crippen molar-refractivity contribution in [1.29, 1.82) is 0 Å². The van der Waals surface area contributed by atoms with Crippen molar-refractivity contribution in [2.45, 2.75) is 19.9 Å². The standard InChI is InChI=1S/C15H27N5O/c1-12-9-20(11-14(16)17-12)10-13(2)19(5)15(21)7-6-8-18(3)4/h6-7,9,13H,8,10-11H2,1-5H3,(H2,16,17). The maximum absolute atomic E-state index is 12.1. The lowest BCUT2D eigenvalue weighted by molar-refractivity contribution is -0.126. The van der Waals surface area contributed by atoms with Gasteiger partial charge >= 0.3 is 0 Å². The first-order valence-corrected chi connectivity index (χ1v) is 7.13. The minimum absolute atomic E-state index is 0.0173. The van der Waals surface area contributed by atoms with Gasteiger partial charge in [-0.2, -0.15) is 0 Å². The Morgan fingerprint density at radius 2 is 2.19 bits per heavy atom. The number of carbonyl (C=O) groups excluding carboxylic acids is 1. The van der Waals surface area contributed by atoms with Crippen molar-refractivity contribution < 1.29 is 4.79 Å². The number of amidine groups is 1. The zero-order valence-electron chi connectivity index (χ0n) is 13.7. The summed E-state index contributed by atoms with van der Waals surface area (Å²) in [6.45, 7) is 6.05. The number of hydrogen-bond acceptors (Lipinski definition) is 5. The molecule has 6 nitrogen and oxygen atoms in total. The summed E-state index contributed by atoms with van der Waals surface area (Å²) in [4.78, 5) is 22.1. The second kappa shape index (κ2) is 7.83. The summed E-state index contributed by atoms with van der Waals surface area (Å²) in [5.41, 5.74) is 6.69. The Morgan fingerprint density at radius 1 is 1.52 bits per heavy atom. The van der Waals surface area contributed by atoms with E-state index in [0.29, 0.717) is 12.4 Å². The molecule has 1 amide bonds. The number of allylic oxidation sites excluding steroid dienone is 1. The average molecular weight is 293 g/mol. The summed E-state index contributed by atoms with van der Waals surface area (Å²) in [6, 6.07) is 0.0939. The van der Waals surface area contributed by atoms with Crippen molar-refractivity contribution in [2.24, 2.45) is 10.7 Å². The molecule has 1 aliphatic heterocycles. The summed E-state index contributed by atoms with van der Waals surface area (Å²) in [5.74, 6) is 0.630. The van der Waals surface area contributed by atoms with Gasteiger partial charge in [0.05, 0.1) is 12.2 Å². The highest BCUT2D eigenvalue weighted by molar-refractivity contribution is 5.87. The Balaban J connectivity index is 2.51. The van der Waals surface area contributed by atoms with Crippen LogP contribution in [0.4, 0.5) is 0 Å². The van der Waals surface area contributed by atoms with Crippen molar-refractivity contribution in [2.75, 3.05) is 40.8 Å². The molecule has 0 aromatic heterocycles. The SMILES string of the molecule is CC1=CN(CC(C)N(C)C(=O)C=CCN(C)C)CC(N)=N1. The van der Waals surface area contributed by atoms with Crippen LogP contribution in [0.2, 0.25) is 0 Å². The van der Waals surface area contributed by atoms with E-state index in [4.69, 9.17) is 5.73 Å². The summed E-state index contributed by atoms with van der Waals surface area (Å²) in [5, 5.41) is 0. The molecule has 0 radical (unpaired) electrons. The van der Waals surface area contributed by atoms with Gasteiger partial charge in [0.25, 0.3) is 0 Å². The number of aliphatic imine (C=N–C) groups is 1. The summed E-state index contributed by atoms with van der Waals surface area (Å²) in [6.07, 6.45) is 5.48. The molecule has 0 spiro atoms. The largest absolute Gasteiger partial charge is 0.386 e. The molecule has 1 aliphatic rings. The van der Waals surface area contributed by atoms with Crippen LogP contribution in [0, 0.1) is 0 Å². The van der Waals surface area contributed by atoms with Crippen molar-refractivity contribution in [3.8, 4) is 0 Å². The molecule has 0 saturated carbocycles. The summed E-state index contributed by atoms with van der Waals surface area (Å²) >= 11 is 0. The van der Waals surface area contributed by atoms with Gasteiger partial charge in [-0.1, -0.05) is 6.08 Å². The molecule has 118 valence electrons. The van der Waals surface area contributed by atoms with Gasteiger partial charge in [0.15, 0.2) is 0 Å². The molecule has 1 unspecified atom stereocenters. The van der Waals surface area contributed by atoms with Gasteiger partial charge in [0.1, 0.15) is 5.84 Å². The third kappa shape index (κ3) is 5.99. The smallest absolute Gasteiger partial charge is 0.246 e. The molecule has 2 N–H and O–H groups in total. The average Bonchev–Trinajstić information content (AvgIpc) is 2.35. The minimum atomic E-state index is 0.0173. The van der Waals surface area contributed by atoms with Gasteiger partial charge in [-0.25, -0.2) is 4.99 Å². The molecule has 1 heterocycles. The number of likely N-dealkylation sites (N-methyl/N-ethyl adjacent to an activating group) is 2. The van der Waals surface area contributed by atoms with E-state index in [1.54, 1.807) is 11.0 Å². The number of nitrogens with two attached hydrogens (primary N) is 1. The zero-order chi connectivity index (χ0) is 16.0. The summed E-state index contributed by atoms with van der Waals surface area (Å²) < 4.78 is 0. The van der Waals surface area contributed by atoms with E-state index < -0.39 is 0 Å². The predicted octanol–water partition coefficient (Wildman–Crippen LogP) is 0.485. The van der Waals surface area contributed by atoms with E-state index in [9.17, 15) is 4.79 Å². The van der Waals surface area contributed by atoms with Gasteiger partial charge in [0.2, 0.25) is 5.91 Å². The third-order valence-electron chi connectivity index (χ3n) is 3.29. The van der Waals surface area contributed by atoms with Crippen LogP contribution in [0.15, 0.2) is 29.0 Å². The lowest BCUT2D eigenvalue weighted by Gasteiger charge is -2.31. The number of amides is 1. The van der Waals surface area contributed by atoms with Gasteiger partial charge in [0, 0.05) is 38.5 Å². The van der Waals surface area contributed by atoms with Crippen molar-refractivity contribution in [1.82, 2.24) is 14.7 Å². The van der Waals surface area contributed by atoms with E-state index in [1.165, 1.54) is 0 Å². The highest BCUT2D eigenvalue weighted by atomic mass is 16.2. The fourth-order valence-corrected chi connectivity index (χ4v) is 2.09. The van der Waals surface area contributed by atoms with Crippen LogP contribution in [0.5, 0.6) is 0 Å². The maximum Gasteiger partial charge on any atom is 0.246 e. The lowest BCUT2D eigenvalue weighted by Crippen LogP contribution is -2.44. The van der Waals surface area contributed by atoms with E-state index in [0.717, 1.165) is 18.8 Å². The van der Waals surface area contributed by atoms with Gasteiger partial charge in [-0.05, 0) is 27.9 Å². The Bertz CT molecular complexity index is 453. The van der Waals surface area contributed by atoms with Crippen LogP contribution in [0.3, 0.4) is 0 Å². The topological polar surface area (TPSA) is 65.2 Å². The molecule has 1 atom stereocenters. The molecule has 1 rings (SSSR count). The number of hydrogen-bond donors (Lipinski definition) is 1. The highest BCUT2D eigenvalue weighted by Crippen LogP contribution is 2.08. The van der Waals surface area contributed by atoms with Crippen molar-refractivity contribution >= 4 is 11.7 Å². The normalized spacial score (nSPS) is 17.0. The fraction of sp³-hybridized carbons (Fsp3) is 0.600. The van der Waals surface area contributed by atoms with E-state index >= 15 is 0 Å². The number of rotatable bonds is 6. The minimum Gasteiger partial charge on any atom is -0.386 e. The first-order chi connectivity index (χ1) is 9.79. The molecule has 6 heteroatoms. The maximum atomic E-state index is 12.1. The lowest BCUT2D eigenvalue weighted by atomic mass is 10.2. The Hall–Kier alpha value is -1.82. The second-order valence-electron chi connectivity index (χ2n) is 5.77. The molecular formula is C15H27N5O. The quantitative estimate of drug-likeness (QED) is 0.724. The molecule has 21 heavy (non-hydrogen) atoms. The van der Waals surface area contributed by atoms with Crippen molar-refractivity contribution in [3.63, 3.8) is 0 Å². The van der Waals surface area contributed by atoms with Crippen LogP contribution in [-0.4, -0.2) is 73.3 Å². The van der Waals surface area contributed by atoms with Crippen LogP contribution in [0.1, 0.15) is 13.8 Å². The monoisotopic (exact) mass is 293 g/mol. The third-order valence-corrected chi connectivity index (χ3v) is 3.29. The Kier molecular flexibility index (Phi) is 6.42. The molecule has 0 fully saturated rings. The Labute approximate surface area is 127 Å². The Morgan fingerprint density at radius 3 is 2.76 bits per heavy atom. The van der Waals surface area contributed by atoms with Crippen molar-refractivity contribution in [3.05, 3.63) is 24.0 Å². The number of carbonyl (C=O) groups is 1. The zero-order valence-corrected chi connectivity index (χ0v) is 13.7. The number of nitrogens with zero attached hydrogens (tertiary/aromatic N) is 4. The molecular weight excluding hydrogens is 266 g/mol. The van der Waals surface area contributed by atoms with Crippen LogP contribution < -0.4 is 5.73 Å². The van der Waals surface area contributed by atoms with Gasteiger partial charge < -0.3 is 20.4 Å². The van der Waals surface area contributed by atoms with Crippen LogP contribution in [0.25, 0.3) is 0 Å². The van der Waals surface area contributed by atoms with Gasteiger partial charge in [-0.15, -0.1) is 0 Å². The highest BCUT2D eigenvalue weighted by Gasteiger charge is 2.18. The van der Waals surface area contributed by atoms with Crippen LogP contribution >= 0.6 is 0 Å². The molecule has 0 bridgehead atoms. The second-order valence-corrected chi connectivity index (χ2v) is 5.77. The molecule has 0 aromatic rings. The first kappa shape index (κ1) is 17.2. The van der Waals surface area contributed by atoms with E-state index in [-0.39, 0.29) is 11.9 Å². The van der Waals surface area contributed by atoms with E-state index in [1.807, 2.05) is 52.2 Å². The first-order valence-electron chi connectivity index (χ1n) is 7.13. The molecule has 0 aromatic carbocycles. The summed E-state index contributed by atoms with van der Waals surface area (Å²) in [7, 11) is 5.77. The fourth-order valence-electron chi connectivity index (χ4n) is 2.09. The van der Waals surface area contributed by atoms with E-state index in [2.05, 4.69) is 9.89 Å². The molecule has 0 saturated heterocycles. The predicted molar refractivity (Wildman–Crippen MR) is 86.9 cm³/mol.